The number of hydrogen-bond donors (Lipinski definition) is 1. The lowest BCUT2D eigenvalue weighted by molar-refractivity contribution is 0.282. The molecule has 0 bridgehead atoms. The molecule has 0 aromatic carbocycles. The van der Waals surface area contributed by atoms with E-state index < -0.39 is 0 Å². The molecule has 0 aliphatic carbocycles. The van der Waals surface area contributed by atoms with Crippen molar-refractivity contribution in [3.05, 3.63) is 24.3 Å². The molecule has 0 radical (unpaired) electrons. The average Bonchev–Trinajstić information content (AvgIpc) is 2.35. The maximum atomic E-state index is 8.62. The second-order valence-corrected chi connectivity index (χ2v) is 4.59. The molecule has 0 aliphatic rings. The van der Waals surface area contributed by atoms with E-state index in [1.807, 2.05) is 0 Å². The van der Waals surface area contributed by atoms with Crippen LogP contribution >= 0.6 is 0 Å². The molecule has 0 spiro atoms. The number of aliphatic hydroxyl groups is 1. The predicted octanol–water partition coefficient (Wildman–Crippen LogP) is 5.01. The van der Waals surface area contributed by atoms with Crippen LogP contribution in [-0.4, -0.2) is 11.7 Å². The first kappa shape index (κ1) is 16.4. The fourth-order valence-corrected chi connectivity index (χ4v) is 1.71. The van der Waals surface area contributed by atoms with Gasteiger partial charge < -0.3 is 5.11 Å². The Morgan fingerprint density at radius 2 is 1.18 bits per heavy atom. The molecule has 17 heavy (non-hydrogen) atoms. The second kappa shape index (κ2) is 15.4. The Hall–Kier alpha value is -0.560. The minimum absolute atomic E-state index is 0.347. The largest absolute Gasteiger partial charge is 0.396 e. The van der Waals surface area contributed by atoms with Crippen molar-refractivity contribution in [3.8, 4) is 0 Å². The standard InChI is InChI=1S/C16H30O/c1-2-3-4-5-6-7-8-9-10-11-12-13-14-15-16-17/h5-6,9-10,17H,2-4,7-8,11-16H2,1H3/b6-5?,10-9-. The normalized spacial score (nSPS) is 11.9. The van der Waals surface area contributed by atoms with Crippen molar-refractivity contribution < 1.29 is 5.11 Å². The van der Waals surface area contributed by atoms with Crippen molar-refractivity contribution in [2.45, 2.75) is 71.1 Å². The van der Waals surface area contributed by atoms with Gasteiger partial charge in [0, 0.05) is 6.61 Å². The minimum Gasteiger partial charge on any atom is -0.396 e. The van der Waals surface area contributed by atoms with Crippen LogP contribution in [0.5, 0.6) is 0 Å². The van der Waals surface area contributed by atoms with Crippen LogP contribution in [0, 0.1) is 0 Å². The summed E-state index contributed by atoms with van der Waals surface area (Å²) in [6.07, 6.45) is 21.3. The van der Waals surface area contributed by atoms with Crippen LogP contribution in [-0.2, 0) is 0 Å². The molecule has 0 saturated heterocycles. The summed E-state index contributed by atoms with van der Waals surface area (Å²) in [6.45, 7) is 2.58. The zero-order valence-corrected chi connectivity index (χ0v) is 11.5. The first-order valence-corrected chi connectivity index (χ1v) is 7.32. The summed E-state index contributed by atoms with van der Waals surface area (Å²) in [4.78, 5) is 0. The lowest BCUT2D eigenvalue weighted by Gasteiger charge is -1.95. The van der Waals surface area contributed by atoms with Gasteiger partial charge in [0.2, 0.25) is 0 Å². The molecule has 0 saturated carbocycles. The molecule has 0 aromatic rings. The van der Waals surface area contributed by atoms with Gasteiger partial charge in [-0.1, -0.05) is 56.9 Å². The van der Waals surface area contributed by atoms with E-state index in [-0.39, 0.29) is 0 Å². The third-order valence-corrected chi connectivity index (χ3v) is 2.84. The van der Waals surface area contributed by atoms with Crippen molar-refractivity contribution in [2.75, 3.05) is 6.61 Å². The maximum absolute atomic E-state index is 8.62. The molecule has 1 nitrogen and oxygen atoms in total. The summed E-state index contributed by atoms with van der Waals surface area (Å²) in [5.74, 6) is 0. The molecule has 0 fully saturated rings. The zero-order valence-electron chi connectivity index (χ0n) is 11.5. The zero-order chi connectivity index (χ0) is 12.6. The van der Waals surface area contributed by atoms with Crippen LogP contribution in [0.3, 0.4) is 0 Å². The van der Waals surface area contributed by atoms with Crippen LogP contribution in [0.1, 0.15) is 71.1 Å². The molecule has 0 unspecified atom stereocenters. The molecule has 0 rings (SSSR count). The van der Waals surface area contributed by atoms with Gasteiger partial charge in [-0.25, -0.2) is 0 Å². The monoisotopic (exact) mass is 238 g/mol. The Balaban J connectivity index is 3.11. The number of rotatable bonds is 12. The molecule has 100 valence electrons. The first-order chi connectivity index (χ1) is 8.41. The fourth-order valence-electron chi connectivity index (χ4n) is 1.71. The SMILES string of the molecule is CCCCC=CCC/C=C\CCCCCCO. The van der Waals surface area contributed by atoms with Crippen molar-refractivity contribution in [2.24, 2.45) is 0 Å². The van der Waals surface area contributed by atoms with Crippen LogP contribution in [0.15, 0.2) is 24.3 Å². The van der Waals surface area contributed by atoms with Gasteiger partial charge in [0.1, 0.15) is 0 Å². The number of allylic oxidation sites excluding steroid dienone is 4. The van der Waals surface area contributed by atoms with Gasteiger partial charge in [0.25, 0.3) is 0 Å². The highest BCUT2D eigenvalue weighted by Crippen LogP contribution is 2.04. The Morgan fingerprint density at radius 3 is 1.76 bits per heavy atom. The van der Waals surface area contributed by atoms with E-state index in [4.69, 9.17) is 5.11 Å². The average molecular weight is 238 g/mol. The number of unbranched alkanes of at least 4 members (excludes halogenated alkanes) is 7. The molecular weight excluding hydrogens is 208 g/mol. The van der Waals surface area contributed by atoms with Gasteiger partial charge in [0.15, 0.2) is 0 Å². The van der Waals surface area contributed by atoms with Gasteiger partial charge in [-0.2, -0.15) is 0 Å². The Labute approximate surface area is 108 Å². The van der Waals surface area contributed by atoms with E-state index in [1.54, 1.807) is 0 Å². The van der Waals surface area contributed by atoms with Crippen molar-refractivity contribution in [1.29, 1.82) is 0 Å². The van der Waals surface area contributed by atoms with E-state index >= 15 is 0 Å². The summed E-state index contributed by atoms with van der Waals surface area (Å²) >= 11 is 0. The summed E-state index contributed by atoms with van der Waals surface area (Å²) in [7, 11) is 0. The summed E-state index contributed by atoms with van der Waals surface area (Å²) in [5, 5.41) is 8.62. The first-order valence-electron chi connectivity index (χ1n) is 7.32. The minimum atomic E-state index is 0.347. The molecule has 0 heterocycles. The van der Waals surface area contributed by atoms with E-state index in [0.717, 1.165) is 6.42 Å². The Kier molecular flexibility index (Phi) is 14.9. The highest BCUT2D eigenvalue weighted by molar-refractivity contribution is 4.87. The van der Waals surface area contributed by atoms with Gasteiger partial charge >= 0.3 is 0 Å². The van der Waals surface area contributed by atoms with Crippen molar-refractivity contribution in [1.82, 2.24) is 0 Å². The van der Waals surface area contributed by atoms with E-state index in [1.165, 1.54) is 57.8 Å². The van der Waals surface area contributed by atoms with Crippen LogP contribution in [0.2, 0.25) is 0 Å². The predicted molar refractivity (Wildman–Crippen MR) is 77.2 cm³/mol. The number of hydrogen-bond acceptors (Lipinski definition) is 1. The number of aliphatic hydroxyl groups excluding tert-OH is 1. The van der Waals surface area contributed by atoms with Crippen LogP contribution in [0.25, 0.3) is 0 Å². The smallest absolute Gasteiger partial charge is 0.0431 e. The van der Waals surface area contributed by atoms with Gasteiger partial charge in [-0.15, -0.1) is 0 Å². The second-order valence-electron chi connectivity index (χ2n) is 4.59. The van der Waals surface area contributed by atoms with E-state index in [9.17, 15) is 0 Å². The molecule has 1 heteroatoms. The summed E-state index contributed by atoms with van der Waals surface area (Å²) < 4.78 is 0. The van der Waals surface area contributed by atoms with Crippen LogP contribution in [0.4, 0.5) is 0 Å². The summed E-state index contributed by atoms with van der Waals surface area (Å²) in [6, 6.07) is 0. The third kappa shape index (κ3) is 15.4. The fraction of sp³-hybridized carbons (Fsp3) is 0.750. The van der Waals surface area contributed by atoms with Crippen molar-refractivity contribution in [3.63, 3.8) is 0 Å². The van der Waals surface area contributed by atoms with E-state index in [2.05, 4.69) is 31.2 Å². The lowest BCUT2D eigenvalue weighted by atomic mass is 10.1. The molecule has 1 N–H and O–H groups in total. The van der Waals surface area contributed by atoms with E-state index in [0.29, 0.717) is 6.61 Å². The molecule has 0 aromatic heterocycles. The van der Waals surface area contributed by atoms with Gasteiger partial charge in [0.05, 0.1) is 0 Å². The van der Waals surface area contributed by atoms with Crippen molar-refractivity contribution >= 4 is 0 Å². The molecule has 0 aliphatic heterocycles. The Morgan fingerprint density at radius 1 is 0.647 bits per heavy atom. The van der Waals surface area contributed by atoms with Crippen LogP contribution < -0.4 is 0 Å². The molecule has 0 atom stereocenters. The molecular formula is C16H30O. The maximum Gasteiger partial charge on any atom is 0.0431 e. The highest BCUT2D eigenvalue weighted by Gasteiger charge is 1.86. The van der Waals surface area contributed by atoms with Gasteiger partial charge in [-0.05, 0) is 38.5 Å². The quantitative estimate of drug-likeness (QED) is 0.374. The Bertz CT molecular complexity index is 182. The third-order valence-electron chi connectivity index (χ3n) is 2.84. The summed E-state index contributed by atoms with van der Waals surface area (Å²) in [5.41, 5.74) is 0. The molecule has 0 amide bonds. The van der Waals surface area contributed by atoms with Gasteiger partial charge in [-0.3, -0.25) is 0 Å². The highest BCUT2D eigenvalue weighted by atomic mass is 16.2. The topological polar surface area (TPSA) is 20.2 Å². The lowest BCUT2D eigenvalue weighted by Crippen LogP contribution is -1.82.